The van der Waals surface area contributed by atoms with Gasteiger partial charge >= 0.3 is 0 Å². The van der Waals surface area contributed by atoms with Gasteiger partial charge in [0.15, 0.2) is 0 Å². The largest absolute Gasteiger partial charge is 0.508 e. The molecule has 5 heteroatoms. The van der Waals surface area contributed by atoms with E-state index < -0.39 is 10.0 Å². The highest BCUT2D eigenvalue weighted by molar-refractivity contribution is 7.89. The van der Waals surface area contributed by atoms with Gasteiger partial charge in [-0.2, -0.15) is 4.31 Å². The van der Waals surface area contributed by atoms with E-state index in [-0.39, 0.29) is 10.6 Å². The van der Waals surface area contributed by atoms with E-state index in [0.29, 0.717) is 13.1 Å². The Morgan fingerprint density at radius 3 is 2.19 bits per heavy atom. The van der Waals surface area contributed by atoms with Crippen LogP contribution in [0.2, 0.25) is 0 Å². The molecule has 0 aromatic heterocycles. The molecule has 0 heterocycles. The fourth-order valence-corrected chi connectivity index (χ4v) is 3.01. The van der Waals surface area contributed by atoms with Gasteiger partial charge in [0.05, 0.1) is 4.90 Å². The van der Waals surface area contributed by atoms with Crippen molar-refractivity contribution in [2.45, 2.75) is 25.2 Å². The SMILES string of the molecule is CCCN(CC)S(=O)(=O)c1ccc(O)cc1. The lowest BCUT2D eigenvalue weighted by Gasteiger charge is -2.19. The highest BCUT2D eigenvalue weighted by atomic mass is 32.2. The molecule has 0 aliphatic carbocycles. The molecule has 1 aromatic rings. The Hall–Kier alpha value is -1.07. The number of phenols is 1. The first-order valence-electron chi connectivity index (χ1n) is 5.31. The molecule has 0 fully saturated rings. The van der Waals surface area contributed by atoms with Crippen LogP contribution in [0.25, 0.3) is 0 Å². The average molecular weight is 243 g/mol. The number of hydrogen-bond donors (Lipinski definition) is 1. The van der Waals surface area contributed by atoms with E-state index in [1.807, 2.05) is 13.8 Å². The molecule has 16 heavy (non-hydrogen) atoms. The lowest BCUT2D eigenvalue weighted by atomic mass is 10.3. The monoisotopic (exact) mass is 243 g/mol. The third-order valence-corrected chi connectivity index (χ3v) is 4.29. The van der Waals surface area contributed by atoms with Gasteiger partial charge in [-0.15, -0.1) is 0 Å². The molecular weight excluding hydrogens is 226 g/mol. The maximum absolute atomic E-state index is 12.1. The average Bonchev–Trinajstić information content (AvgIpc) is 2.26. The van der Waals surface area contributed by atoms with E-state index in [0.717, 1.165) is 6.42 Å². The van der Waals surface area contributed by atoms with Crippen molar-refractivity contribution in [2.24, 2.45) is 0 Å². The van der Waals surface area contributed by atoms with Crippen LogP contribution in [0.4, 0.5) is 0 Å². The number of nitrogens with zero attached hydrogens (tertiary/aromatic N) is 1. The number of hydrogen-bond acceptors (Lipinski definition) is 3. The van der Waals surface area contributed by atoms with Crippen LogP contribution < -0.4 is 0 Å². The van der Waals surface area contributed by atoms with Gasteiger partial charge in [-0.25, -0.2) is 8.42 Å². The minimum Gasteiger partial charge on any atom is -0.508 e. The molecule has 1 rings (SSSR count). The second-order valence-corrected chi connectivity index (χ2v) is 5.43. The van der Waals surface area contributed by atoms with E-state index >= 15 is 0 Å². The Kier molecular flexibility index (Phi) is 4.32. The predicted octanol–water partition coefficient (Wildman–Crippen LogP) is 1.81. The minimum atomic E-state index is -3.41. The van der Waals surface area contributed by atoms with Gasteiger partial charge in [0.1, 0.15) is 5.75 Å². The highest BCUT2D eigenvalue weighted by Crippen LogP contribution is 2.18. The summed E-state index contributed by atoms with van der Waals surface area (Å²) in [6.45, 7) is 4.72. The van der Waals surface area contributed by atoms with Crippen LogP contribution in [-0.2, 0) is 10.0 Å². The molecule has 1 aromatic carbocycles. The van der Waals surface area contributed by atoms with Gasteiger partial charge in [-0.05, 0) is 30.7 Å². The summed E-state index contributed by atoms with van der Waals surface area (Å²) in [5.41, 5.74) is 0. The van der Waals surface area contributed by atoms with Crippen LogP contribution in [0.1, 0.15) is 20.3 Å². The first-order valence-corrected chi connectivity index (χ1v) is 6.75. The van der Waals surface area contributed by atoms with Crippen molar-refractivity contribution in [1.82, 2.24) is 4.31 Å². The zero-order chi connectivity index (χ0) is 12.2. The fourth-order valence-electron chi connectivity index (χ4n) is 1.46. The molecule has 0 saturated carbocycles. The molecule has 4 nitrogen and oxygen atoms in total. The van der Waals surface area contributed by atoms with E-state index in [4.69, 9.17) is 5.11 Å². The van der Waals surface area contributed by atoms with Crippen LogP contribution >= 0.6 is 0 Å². The number of aromatic hydroxyl groups is 1. The summed E-state index contributed by atoms with van der Waals surface area (Å²) in [5.74, 6) is 0.0671. The van der Waals surface area contributed by atoms with Crippen LogP contribution in [-0.4, -0.2) is 30.9 Å². The molecule has 0 aliphatic heterocycles. The lowest BCUT2D eigenvalue weighted by molar-refractivity contribution is 0.427. The summed E-state index contributed by atoms with van der Waals surface area (Å²) in [7, 11) is -3.41. The van der Waals surface area contributed by atoms with Gasteiger partial charge in [0, 0.05) is 13.1 Å². The molecule has 0 spiro atoms. The first-order chi connectivity index (χ1) is 7.52. The molecule has 0 radical (unpaired) electrons. The van der Waals surface area contributed by atoms with E-state index in [1.54, 1.807) is 0 Å². The van der Waals surface area contributed by atoms with Gasteiger partial charge in [0.2, 0.25) is 10.0 Å². The van der Waals surface area contributed by atoms with Gasteiger partial charge < -0.3 is 5.11 Å². The summed E-state index contributed by atoms with van der Waals surface area (Å²) < 4.78 is 25.6. The number of phenolic OH excluding ortho intramolecular Hbond substituents is 1. The Balaban J connectivity index is 3.04. The lowest BCUT2D eigenvalue weighted by Crippen LogP contribution is -2.31. The van der Waals surface area contributed by atoms with E-state index in [1.165, 1.54) is 28.6 Å². The second kappa shape index (κ2) is 5.32. The normalized spacial score (nSPS) is 11.9. The number of sulfonamides is 1. The molecule has 0 aliphatic rings. The third-order valence-electron chi connectivity index (χ3n) is 2.30. The zero-order valence-electron chi connectivity index (χ0n) is 9.55. The highest BCUT2D eigenvalue weighted by Gasteiger charge is 2.21. The first kappa shape index (κ1) is 13.0. The summed E-state index contributed by atoms with van der Waals surface area (Å²) >= 11 is 0. The molecule has 0 amide bonds. The Bertz CT molecular complexity index is 425. The summed E-state index contributed by atoms with van der Waals surface area (Å²) in [6, 6.07) is 5.60. The molecule has 0 saturated heterocycles. The zero-order valence-corrected chi connectivity index (χ0v) is 10.4. The van der Waals surface area contributed by atoms with Crippen LogP contribution in [0.15, 0.2) is 29.2 Å². The molecule has 0 atom stereocenters. The van der Waals surface area contributed by atoms with Crippen molar-refractivity contribution >= 4 is 10.0 Å². The Morgan fingerprint density at radius 1 is 1.19 bits per heavy atom. The summed E-state index contributed by atoms with van der Waals surface area (Å²) in [6.07, 6.45) is 0.783. The second-order valence-electron chi connectivity index (χ2n) is 3.49. The van der Waals surface area contributed by atoms with Crippen LogP contribution in [0, 0.1) is 0 Å². The van der Waals surface area contributed by atoms with Crippen molar-refractivity contribution in [3.63, 3.8) is 0 Å². The summed E-state index contributed by atoms with van der Waals surface area (Å²) in [5, 5.41) is 9.11. The van der Waals surface area contributed by atoms with Crippen molar-refractivity contribution in [1.29, 1.82) is 0 Å². The van der Waals surface area contributed by atoms with Crippen molar-refractivity contribution in [3.05, 3.63) is 24.3 Å². The Labute approximate surface area is 96.6 Å². The maximum Gasteiger partial charge on any atom is 0.243 e. The summed E-state index contributed by atoms with van der Waals surface area (Å²) in [4.78, 5) is 0.223. The van der Waals surface area contributed by atoms with Crippen LogP contribution in [0.3, 0.4) is 0 Å². The number of rotatable bonds is 5. The molecular formula is C11H17NO3S. The van der Waals surface area contributed by atoms with Gasteiger partial charge in [-0.1, -0.05) is 13.8 Å². The Morgan fingerprint density at radius 2 is 1.75 bits per heavy atom. The quantitative estimate of drug-likeness (QED) is 0.858. The minimum absolute atomic E-state index is 0.0671. The smallest absolute Gasteiger partial charge is 0.243 e. The molecule has 90 valence electrons. The predicted molar refractivity (Wildman–Crippen MR) is 62.8 cm³/mol. The third kappa shape index (κ3) is 2.74. The van der Waals surface area contributed by atoms with Gasteiger partial charge in [-0.3, -0.25) is 0 Å². The standard InChI is InChI=1S/C11H17NO3S/c1-3-9-12(4-2)16(14,15)11-7-5-10(13)6-8-11/h5-8,13H,3-4,9H2,1-2H3. The van der Waals surface area contributed by atoms with Crippen LogP contribution in [0.5, 0.6) is 5.75 Å². The van der Waals surface area contributed by atoms with Crippen molar-refractivity contribution in [3.8, 4) is 5.75 Å². The molecule has 0 bridgehead atoms. The molecule has 0 unspecified atom stereocenters. The van der Waals surface area contributed by atoms with Gasteiger partial charge in [0.25, 0.3) is 0 Å². The molecule has 1 N–H and O–H groups in total. The van der Waals surface area contributed by atoms with Crippen molar-refractivity contribution in [2.75, 3.05) is 13.1 Å². The van der Waals surface area contributed by atoms with E-state index in [9.17, 15) is 8.42 Å². The van der Waals surface area contributed by atoms with Crippen molar-refractivity contribution < 1.29 is 13.5 Å². The van der Waals surface area contributed by atoms with E-state index in [2.05, 4.69) is 0 Å². The topological polar surface area (TPSA) is 57.6 Å². The maximum atomic E-state index is 12.1. The fraction of sp³-hybridized carbons (Fsp3) is 0.455. The number of benzene rings is 1.